The van der Waals surface area contributed by atoms with Crippen molar-refractivity contribution in [3.63, 3.8) is 0 Å². The maximum absolute atomic E-state index is 12.5. The highest BCUT2D eigenvalue weighted by atomic mass is 16.2. The topological polar surface area (TPSA) is 56.8 Å². The highest BCUT2D eigenvalue weighted by Crippen LogP contribution is 2.34. The summed E-state index contributed by atoms with van der Waals surface area (Å²) in [6, 6.07) is 4.14. The van der Waals surface area contributed by atoms with Crippen LogP contribution in [0.4, 0.5) is 0 Å². The lowest BCUT2D eigenvalue weighted by atomic mass is 9.88. The van der Waals surface area contributed by atoms with Gasteiger partial charge in [-0.15, -0.1) is 0 Å². The van der Waals surface area contributed by atoms with Gasteiger partial charge in [-0.25, -0.2) is 0 Å². The molecular weight excluding hydrogens is 316 g/mol. The molecule has 25 heavy (non-hydrogen) atoms. The first-order valence-corrected chi connectivity index (χ1v) is 9.32. The van der Waals surface area contributed by atoms with Gasteiger partial charge in [0.05, 0.1) is 11.5 Å². The minimum atomic E-state index is 0.0819. The molecule has 0 aromatic carbocycles. The van der Waals surface area contributed by atoms with E-state index in [1.165, 1.54) is 0 Å². The lowest BCUT2D eigenvalue weighted by Gasteiger charge is -2.36. The van der Waals surface area contributed by atoms with Crippen molar-refractivity contribution in [3.05, 3.63) is 30.1 Å². The summed E-state index contributed by atoms with van der Waals surface area (Å²) in [6.07, 6.45) is 6.45. The first-order valence-electron chi connectivity index (χ1n) is 9.32. The van der Waals surface area contributed by atoms with Crippen LogP contribution in [0.1, 0.15) is 29.6 Å². The molecule has 0 aliphatic carbocycles. The summed E-state index contributed by atoms with van der Waals surface area (Å²) < 4.78 is 0. The van der Waals surface area contributed by atoms with Gasteiger partial charge in [0.2, 0.25) is 5.91 Å². The molecule has 0 radical (unpaired) electrons. The molecule has 1 aromatic heterocycles. The monoisotopic (exact) mass is 342 g/mol. The number of carbonyl (C=O) groups excluding carboxylic acids is 2. The van der Waals surface area contributed by atoms with Gasteiger partial charge in [0.15, 0.2) is 0 Å². The van der Waals surface area contributed by atoms with Gasteiger partial charge in [0.1, 0.15) is 0 Å². The minimum Gasteiger partial charge on any atom is -0.345 e. The Morgan fingerprint density at radius 1 is 1.16 bits per heavy atom. The molecule has 6 nitrogen and oxygen atoms in total. The van der Waals surface area contributed by atoms with Crippen molar-refractivity contribution in [2.24, 2.45) is 11.8 Å². The van der Waals surface area contributed by atoms with Crippen LogP contribution >= 0.6 is 0 Å². The molecule has 0 saturated carbocycles. The van der Waals surface area contributed by atoms with E-state index < -0.39 is 0 Å². The summed E-state index contributed by atoms with van der Waals surface area (Å²) in [7, 11) is 1.92. The summed E-state index contributed by atoms with van der Waals surface area (Å²) in [5.74, 6) is 1.12. The van der Waals surface area contributed by atoms with Gasteiger partial charge in [-0.1, -0.05) is 0 Å². The lowest BCUT2D eigenvalue weighted by Crippen LogP contribution is -2.46. The van der Waals surface area contributed by atoms with Crippen molar-refractivity contribution < 1.29 is 9.59 Å². The third kappa shape index (κ3) is 3.15. The van der Waals surface area contributed by atoms with Gasteiger partial charge >= 0.3 is 0 Å². The number of fused-ring (bicyclic) bond motifs is 1. The zero-order valence-corrected chi connectivity index (χ0v) is 14.8. The Kier molecular flexibility index (Phi) is 4.46. The van der Waals surface area contributed by atoms with Gasteiger partial charge < -0.3 is 9.80 Å². The second-order valence-electron chi connectivity index (χ2n) is 7.63. The molecule has 3 aliphatic rings. The number of aromatic nitrogens is 1. The average molecular weight is 342 g/mol. The predicted octanol–water partition coefficient (Wildman–Crippen LogP) is 1.10. The SMILES string of the molecule is CN1CC[C@@H]2CN(C3CCN(C(=O)c4cccnc4)CC3)C[C@@H]2C1=O. The molecular formula is C19H26N4O2. The fraction of sp³-hybridized carbons (Fsp3) is 0.632. The maximum atomic E-state index is 12.5. The number of amides is 2. The average Bonchev–Trinajstić information content (AvgIpc) is 3.10. The van der Waals surface area contributed by atoms with Crippen molar-refractivity contribution in [1.82, 2.24) is 19.7 Å². The lowest BCUT2D eigenvalue weighted by molar-refractivity contribution is -0.137. The van der Waals surface area contributed by atoms with Crippen molar-refractivity contribution >= 4 is 11.8 Å². The Bertz CT molecular complexity index is 642. The number of rotatable bonds is 2. The standard InChI is InChI=1S/C19H26N4O2/c1-21-8-4-15-12-23(13-17(15)19(21)25)16-5-9-22(10-6-16)18(24)14-3-2-7-20-11-14/h2-3,7,11,15-17H,4-6,8-10,12-13H2,1H3/t15-,17+/m1/s1. The molecule has 2 atom stereocenters. The van der Waals surface area contributed by atoms with Crippen molar-refractivity contribution in [2.45, 2.75) is 25.3 Å². The van der Waals surface area contributed by atoms with E-state index in [1.807, 2.05) is 22.9 Å². The third-order valence-corrected chi connectivity index (χ3v) is 6.17. The van der Waals surface area contributed by atoms with Crippen LogP contribution in [0.2, 0.25) is 0 Å². The molecule has 4 heterocycles. The summed E-state index contributed by atoms with van der Waals surface area (Å²) in [5, 5.41) is 0. The molecule has 4 rings (SSSR count). The van der Waals surface area contributed by atoms with E-state index in [4.69, 9.17) is 0 Å². The van der Waals surface area contributed by atoms with Crippen LogP contribution in [0.3, 0.4) is 0 Å². The fourth-order valence-electron chi connectivity index (χ4n) is 4.63. The van der Waals surface area contributed by atoms with Crippen LogP contribution in [-0.4, -0.2) is 77.3 Å². The Morgan fingerprint density at radius 2 is 1.96 bits per heavy atom. The van der Waals surface area contributed by atoms with E-state index in [1.54, 1.807) is 18.5 Å². The van der Waals surface area contributed by atoms with E-state index in [9.17, 15) is 9.59 Å². The molecule has 134 valence electrons. The molecule has 3 aliphatic heterocycles. The minimum absolute atomic E-state index is 0.0819. The number of hydrogen-bond donors (Lipinski definition) is 0. The Labute approximate surface area is 148 Å². The Balaban J connectivity index is 1.34. The summed E-state index contributed by atoms with van der Waals surface area (Å²) in [6.45, 7) is 4.42. The molecule has 2 amide bonds. The van der Waals surface area contributed by atoms with Crippen LogP contribution in [0, 0.1) is 11.8 Å². The van der Waals surface area contributed by atoms with Crippen LogP contribution < -0.4 is 0 Å². The van der Waals surface area contributed by atoms with Crippen LogP contribution in [0.5, 0.6) is 0 Å². The first kappa shape index (κ1) is 16.5. The molecule has 3 saturated heterocycles. The number of likely N-dealkylation sites (tertiary alicyclic amines) is 3. The molecule has 1 aromatic rings. The van der Waals surface area contributed by atoms with E-state index >= 15 is 0 Å². The summed E-state index contributed by atoms with van der Waals surface area (Å²) >= 11 is 0. The normalized spacial score (nSPS) is 28.3. The predicted molar refractivity (Wildman–Crippen MR) is 94.0 cm³/mol. The van der Waals surface area contributed by atoms with E-state index in [2.05, 4.69) is 9.88 Å². The number of pyridine rings is 1. The third-order valence-electron chi connectivity index (χ3n) is 6.17. The second kappa shape index (κ2) is 6.75. The summed E-state index contributed by atoms with van der Waals surface area (Å²) in [5.41, 5.74) is 0.668. The zero-order valence-electron chi connectivity index (χ0n) is 14.8. The van der Waals surface area contributed by atoms with Gasteiger partial charge in [-0.2, -0.15) is 0 Å². The second-order valence-corrected chi connectivity index (χ2v) is 7.63. The zero-order chi connectivity index (χ0) is 17.4. The van der Waals surface area contributed by atoms with E-state index in [0.717, 1.165) is 52.0 Å². The molecule has 0 N–H and O–H groups in total. The summed E-state index contributed by atoms with van der Waals surface area (Å²) in [4.78, 5) is 35.3. The number of hydrogen-bond acceptors (Lipinski definition) is 4. The van der Waals surface area contributed by atoms with E-state index in [0.29, 0.717) is 23.4 Å². The van der Waals surface area contributed by atoms with Crippen LogP contribution in [0.25, 0.3) is 0 Å². The van der Waals surface area contributed by atoms with E-state index in [-0.39, 0.29) is 11.8 Å². The molecule has 6 heteroatoms. The highest BCUT2D eigenvalue weighted by molar-refractivity contribution is 5.93. The maximum Gasteiger partial charge on any atom is 0.255 e. The number of carbonyl (C=O) groups is 2. The van der Waals surface area contributed by atoms with Gasteiger partial charge in [-0.05, 0) is 37.3 Å². The Morgan fingerprint density at radius 3 is 2.68 bits per heavy atom. The number of piperidine rings is 2. The van der Waals surface area contributed by atoms with Crippen molar-refractivity contribution in [2.75, 3.05) is 39.8 Å². The quantitative estimate of drug-likeness (QED) is 0.808. The molecule has 0 bridgehead atoms. The smallest absolute Gasteiger partial charge is 0.255 e. The molecule has 0 unspecified atom stereocenters. The van der Waals surface area contributed by atoms with Crippen LogP contribution in [-0.2, 0) is 4.79 Å². The Hall–Kier alpha value is -1.95. The highest BCUT2D eigenvalue weighted by Gasteiger charge is 2.44. The van der Waals surface area contributed by atoms with Crippen LogP contribution in [0.15, 0.2) is 24.5 Å². The van der Waals surface area contributed by atoms with Crippen molar-refractivity contribution in [3.8, 4) is 0 Å². The molecule has 0 spiro atoms. The van der Waals surface area contributed by atoms with Gasteiger partial charge in [0.25, 0.3) is 5.91 Å². The molecule has 3 fully saturated rings. The van der Waals surface area contributed by atoms with Crippen molar-refractivity contribution in [1.29, 1.82) is 0 Å². The number of nitrogens with zero attached hydrogens (tertiary/aromatic N) is 4. The van der Waals surface area contributed by atoms with Gasteiger partial charge in [0, 0.05) is 58.2 Å². The fourth-order valence-corrected chi connectivity index (χ4v) is 4.63. The largest absolute Gasteiger partial charge is 0.345 e. The first-order chi connectivity index (χ1) is 12.1. The van der Waals surface area contributed by atoms with Gasteiger partial charge in [-0.3, -0.25) is 19.5 Å².